The number of hydrogen-bond donors (Lipinski definition) is 3. The summed E-state index contributed by atoms with van der Waals surface area (Å²) >= 11 is 0. The van der Waals surface area contributed by atoms with Gasteiger partial charge in [-0.2, -0.15) is 0 Å². The molecule has 0 aromatic heterocycles. The molecule has 2 rings (SSSR count). The lowest BCUT2D eigenvalue weighted by atomic mass is 9.88. The Balaban J connectivity index is 1.89. The standard InChI is InChI=1S/C21H33FO4/c1-2-3-7-16(22)9-10-18(23)21-17-12-14(6-4-5-8-20(25)26)11-15(17)13-19(21)24/h6,10,15-17,19,21,23-24H,2-5,7-9,11-13H2,1H3,(H,25,26)/b14-6+,18-10+/t15-,16?,17-,19+,21-/m0/s1. The van der Waals surface area contributed by atoms with Crippen molar-refractivity contribution in [3.8, 4) is 0 Å². The molecule has 3 N–H and O–H groups in total. The molecule has 0 amide bonds. The predicted octanol–water partition coefficient (Wildman–Crippen LogP) is 4.94. The molecule has 0 spiro atoms. The molecule has 2 saturated carbocycles. The minimum Gasteiger partial charge on any atom is -0.512 e. The zero-order valence-corrected chi connectivity index (χ0v) is 15.7. The van der Waals surface area contributed by atoms with Gasteiger partial charge in [0.05, 0.1) is 11.9 Å². The van der Waals surface area contributed by atoms with E-state index in [0.717, 1.165) is 32.1 Å². The molecule has 5 heteroatoms. The number of aliphatic hydroxyl groups excluding tert-OH is 2. The van der Waals surface area contributed by atoms with E-state index in [1.807, 2.05) is 6.92 Å². The van der Waals surface area contributed by atoms with Gasteiger partial charge in [-0.25, -0.2) is 4.39 Å². The number of hydrogen-bond acceptors (Lipinski definition) is 3. The maximum Gasteiger partial charge on any atom is 0.303 e. The molecule has 148 valence electrons. The number of carbonyl (C=O) groups is 1. The summed E-state index contributed by atoms with van der Waals surface area (Å²) in [6.45, 7) is 2.03. The molecule has 0 radical (unpaired) electrons. The molecule has 0 heterocycles. The van der Waals surface area contributed by atoms with Gasteiger partial charge in [0.1, 0.15) is 6.17 Å². The van der Waals surface area contributed by atoms with E-state index >= 15 is 0 Å². The molecular formula is C21H33FO4. The Morgan fingerprint density at radius 2 is 2.08 bits per heavy atom. The highest BCUT2D eigenvalue weighted by Gasteiger charge is 2.47. The van der Waals surface area contributed by atoms with Crippen LogP contribution in [0.1, 0.15) is 71.1 Å². The van der Waals surface area contributed by atoms with E-state index in [9.17, 15) is 19.4 Å². The molecule has 0 aromatic rings. The molecular weight excluding hydrogens is 335 g/mol. The number of fused-ring (bicyclic) bond motifs is 1. The van der Waals surface area contributed by atoms with Gasteiger partial charge >= 0.3 is 5.97 Å². The number of halogens is 1. The highest BCUT2D eigenvalue weighted by atomic mass is 19.1. The number of alkyl halides is 1. The van der Waals surface area contributed by atoms with Crippen LogP contribution in [0.4, 0.5) is 4.39 Å². The second-order valence-electron chi connectivity index (χ2n) is 7.91. The number of carboxylic acids is 1. The predicted molar refractivity (Wildman–Crippen MR) is 99.6 cm³/mol. The monoisotopic (exact) mass is 368 g/mol. The molecule has 1 unspecified atom stereocenters. The van der Waals surface area contributed by atoms with Gasteiger partial charge in [-0.3, -0.25) is 4.79 Å². The third-order valence-corrected chi connectivity index (χ3v) is 5.87. The first-order chi connectivity index (χ1) is 12.4. The number of unbranched alkanes of at least 4 members (excludes halogenated alkanes) is 2. The molecule has 0 aromatic carbocycles. The third-order valence-electron chi connectivity index (χ3n) is 5.87. The number of aliphatic carboxylic acids is 1. The number of rotatable bonds is 10. The lowest BCUT2D eigenvalue weighted by Gasteiger charge is -2.20. The Labute approximate surface area is 155 Å². The Kier molecular flexibility index (Phi) is 8.14. The maximum absolute atomic E-state index is 13.8. The normalized spacial score (nSPS) is 31.3. The van der Waals surface area contributed by atoms with Crippen LogP contribution in [-0.4, -0.2) is 33.6 Å². The summed E-state index contributed by atoms with van der Waals surface area (Å²) in [5.74, 6) is -0.340. The van der Waals surface area contributed by atoms with Crippen molar-refractivity contribution >= 4 is 5.97 Å². The highest BCUT2D eigenvalue weighted by molar-refractivity contribution is 5.66. The van der Waals surface area contributed by atoms with Crippen LogP contribution in [0.3, 0.4) is 0 Å². The van der Waals surface area contributed by atoms with E-state index in [4.69, 9.17) is 5.11 Å². The minimum absolute atomic E-state index is 0.149. The third kappa shape index (κ3) is 5.83. The number of carboxylic acid groups (broad SMARTS) is 1. The minimum atomic E-state index is -0.931. The van der Waals surface area contributed by atoms with Crippen molar-refractivity contribution in [3.63, 3.8) is 0 Å². The van der Waals surface area contributed by atoms with E-state index in [0.29, 0.717) is 25.2 Å². The van der Waals surface area contributed by atoms with Crippen molar-refractivity contribution in [1.82, 2.24) is 0 Å². The van der Waals surface area contributed by atoms with Crippen LogP contribution in [0.25, 0.3) is 0 Å². The van der Waals surface area contributed by atoms with Gasteiger partial charge in [0.25, 0.3) is 0 Å². The second-order valence-corrected chi connectivity index (χ2v) is 7.91. The van der Waals surface area contributed by atoms with E-state index in [1.165, 1.54) is 5.57 Å². The number of aliphatic hydroxyl groups is 2. The molecule has 0 saturated heterocycles. The van der Waals surface area contributed by atoms with Crippen molar-refractivity contribution in [3.05, 3.63) is 23.5 Å². The fourth-order valence-corrected chi connectivity index (χ4v) is 4.53. The van der Waals surface area contributed by atoms with Crippen LogP contribution in [0.2, 0.25) is 0 Å². The summed E-state index contributed by atoms with van der Waals surface area (Å²) in [6, 6.07) is 0. The van der Waals surface area contributed by atoms with Crippen molar-refractivity contribution < 1.29 is 24.5 Å². The van der Waals surface area contributed by atoms with E-state index in [2.05, 4.69) is 6.08 Å². The van der Waals surface area contributed by atoms with Crippen molar-refractivity contribution in [2.45, 2.75) is 83.4 Å². The fraction of sp³-hybridized carbons (Fsp3) is 0.762. The molecule has 2 aliphatic carbocycles. The van der Waals surface area contributed by atoms with Crippen LogP contribution in [0.5, 0.6) is 0 Å². The summed E-state index contributed by atoms with van der Waals surface area (Å²) in [5, 5.41) is 29.5. The van der Waals surface area contributed by atoms with Gasteiger partial charge in [0.2, 0.25) is 0 Å². The van der Waals surface area contributed by atoms with Crippen LogP contribution in [-0.2, 0) is 4.79 Å². The van der Waals surface area contributed by atoms with E-state index in [-0.39, 0.29) is 30.4 Å². The van der Waals surface area contributed by atoms with Gasteiger partial charge < -0.3 is 15.3 Å². The Morgan fingerprint density at radius 1 is 1.31 bits per heavy atom. The lowest BCUT2D eigenvalue weighted by Crippen LogP contribution is -2.21. The average molecular weight is 368 g/mol. The highest BCUT2D eigenvalue weighted by Crippen LogP contribution is 2.51. The summed E-state index contributed by atoms with van der Waals surface area (Å²) in [5.41, 5.74) is 1.31. The molecule has 2 fully saturated rings. The first-order valence-electron chi connectivity index (χ1n) is 10.0. The van der Waals surface area contributed by atoms with E-state index < -0.39 is 18.2 Å². The Hall–Kier alpha value is -1.36. The quantitative estimate of drug-likeness (QED) is 0.290. The van der Waals surface area contributed by atoms with Crippen LogP contribution in [0.15, 0.2) is 23.5 Å². The van der Waals surface area contributed by atoms with Gasteiger partial charge in [0, 0.05) is 18.8 Å². The zero-order chi connectivity index (χ0) is 19.1. The molecule has 4 nitrogen and oxygen atoms in total. The summed E-state index contributed by atoms with van der Waals surface area (Å²) in [6.07, 6.45) is 8.78. The average Bonchev–Trinajstić information content (AvgIpc) is 3.10. The van der Waals surface area contributed by atoms with Gasteiger partial charge in [-0.05, 0) is 56.4 Å². The van der Waals surface area contributed by atoms with Crippen LogP contribution in [0, 0.1) is 17.8 Å². The molecule has 26 heavy (non-hydrogen) atoms. The van der Waals surface area contributed by atoms with Gasteiger partial charge in [0.15, 0.2) is 0 Å². The molecule has 0 bridgehead atoms. The zero-order valence-electron chi connectivity index (χ0n) is 15.7. The smallest absolute Gasteiger partial charge is 0.303 e. The lowest BCUT2D eigenvalue weighted by molar-refractivity contribution is -0.137. The van der Waals surface area contributed by atoms with Crippen molar-refractivity contribution in [2.75, 3.05) is 0 Å². The second kappa shape index (κ2) is 10.1. The Bertz CT molecular complexity index is 528. The van der Waals surface area contributed by atoms with Crippen molar-refractivity contribution in [2.24, 2.45) is 17.8 Å². The topological polar surface area (TPSA) is 77.8 Å². The molecule has 0 aliphatic heterocycles. The van der Waals surface area contributed by atoms with Gasteiger partial charge in [-0.1, -0.05) is 31.4 Å². The Morgan fingerprint density at radius 3 is 2.77 bits per heavy atom. The maximum atomic E-state index is 13.8. The van der Waals surface area contributed by atoms with Crippen molar-refractivity contribution in [1.29, 1.82) is 0 Å². The fourth-order valence-electron chi connectivity index (χ4n) is 4.53. The number of allylic oxidation sites excluding steroid dienone is 3. The van der Waals surface area contributed by atoms with E-state index in [1.54, 1.807) is 6.08 Å². The summed E-state index contributed by atoms with van der Waals surface area (Å²) in [7, 11) is 0. The largest absolute Gasteiger partial charge is 0.512 e. The molecule has 5 atom stereocenters. The van der Waals surface area contributed by atoms with Crippen LogP contribution >= 0.6 is 0 Å². The summed E-state index contributed by atoms with van der Waals surface area (Å²) in [4.78, 5) is 10.6. The SMILES string of the molecule is CCCCC(F)C/C=C(/O)[C@@H]1[C@H]2C/C(=C/CCCC(=O)O)C[C@H]2C[C@H]1O. The summed E-state index contributed by atoms with van der Waals surface area (Å²) < 4.78 is 13.8. The van der Waals surface area contributed by atoms with Crippen LogP contribution < -0.4 is 0 Å². The first kappa shape index (κ1) is 20.9. The van der Waals surface area contributed by atoms with Gasteiger partial charge in [-0.15, -0.1) is 0 Å². The molecule has 2 aliphatic rings. The first-order valence-corrected chi connectivity index (χ1v) is 10.0.